The van der Waals surface area contributed by atoms with Gasteiger partial charge in [-0.15, -0.1) is 0 Å². The van der Waals surface area contributed by atoms with Gasteiger partial charge >= 0.3 is 0 Å². The van der Waals surface area contributed by atoms with E-state index >= 15 is 0 Å². The van der Waals surface area contributed by atoms with Crippen LogP contribution in [0.25, 0.3) is 0 Å². The molecule has 0 unspecified atom stereocenters. The lowest BCUT2D eigenvalue weighted by molar-refractivity contribution is 0.411. The summed E-state index contributed by atoms with van der Waals surface area (Å²) in [5.74, 6) is 0.897. The fourth-order valence-corrected chi connectivity index (χ4v) is 1.67. The molecule has 60 valence electrons. The normalized spacial score (nSPS) is 9.73. The fraction of sp³-hybridized carbons (Fsp3) is 0.250. The molecule has 0 saturated carbocycles. The zero-order valence-electron chi connectivity index (χ0n) is 6.30. The first kappa shape index (κ1) is 8.80. The Bertz CT molecular complexity index is 228. The second kappa shape index (κ2) is 3.92. The Labute approximate surface area is 79.9 Å². The van der Waals surface area contributed by atoms with E-state index in [2.05, 4.69) is 22.6 Å². The van der Waals surface area contributed by atoms with Crippen LogP contribution in [0.3, 0.4) is 0 Å². The number of nitrogens with two attached hydrogens (primary N) is 1. The first-order valence-corrected chi connectivity index (χ1v) is 4.39. The van der Waals surface area contributed by atoms with Gasteiger partial charge in [-0.1, -0.05) is 12.1 Å². The molecular formula is C8H10INO. The monoisotopic (exact) mass is 263 g/mol. The Morgan fingerprint density at radius 3 is 2.82 bits per heavy atom. The van der Waals surface area contributed by atoms with Crippen molar-refractivity contribution in [2.45, 2.75) is 6.54 Å². The summed E-state index contributed by atoms with van der Waals surface area (Å²) in [7, 11) is 1.66. The minimum atomic E-state index is 0.565. The Morgan fingerprint density at radius 1 is 1.55 bits per heavy atom. The molecule has 0 amide bonds. The molecule has 1 aromatic carbocycles. The first-order valence-electron chi connectivity index (χ1n) is 3.31. The minimum Gasteiger partial charge on any atom is -0.496 e. The summed E-state index contributed by atoms with van der Waals surface area (Å²) < 4.78 is 6.23. The molecule has 0 aliphatic rings. The lowest BCUT2D eigenvalue weighted by Crippen LogP contribution is -2.00. The van der Waals surface area contributed by atoms with E-state index in [1.165, 1.54) is 0 Å². The molecule has 0 aromatic heterocycles. The molecule has 0 fully saturated rings. The van der Waals surface area contributed by atoms with Crippen molar-refractivity contribution in [3.63, 3.8) is 0 Å². The number of halogens is 1. The van der Waals surface area contributed by atoms with E-state index in [0.29, 0.717) is 6.54 Å². The summed E-state index contributed by atoms with van der Waals surface area (Å²) in [6.45, 7) is 0.565. The van der Waals surface area contributed by atoms with Crippen LogP contribution in [0.5, 0.6) is 5.75 Å². The summed E-state index contributed by atoms with van der Waals surface area (Å²) in [5.41, 5.74) is 6.64. The molecule has 0 bridgehead atoms. The molecule has 0 spiro atoms. The van der Waals surface area contributed by atoms with Crippen LogP contribution in [0.15, 0.2) is 18.2 Å². The first-order chi connectivity index (χ1) is 5.29. The summed E-state index contributed by atoms with van der Waals surface area (Å²) >= 11 is 2.24. The average Bonchev–Trinajstić information content (AvgIpc) is 2.05. The maximum atomic E-state index is 5.51. The number of hydrogen-bond donors (Lipinski definition) is 1. The largest absolute Gasteiger partial charge is 0.496 e. The van der Waals surface area contributed by atoms with Crippen molar-refractivity contribution in [2.75, 3.05) is 7.11 Å². The predicted octanol–water partition coefficient (Wildman–Crippen LogP) is 1.76. The third kappa shape index (κ3) is 1.84. The number of ether oxygens (including phenoxy) is 1. The van der Waals surface area contributed by atoms with Gasteiger partial charge in [0.1, 0.15) is 5.75 Å². The maximum absolute atomic E-state index is 5.51. The van der Waals surface area contributed by atoms with Crippen molar-refractivity contribution in [3.8, 4) is 5.75 Å². The van der Waals surface area contributed by atoms with Crippen molar-refractivity contribution in [3.05, 3.63) is 27.3 Å². The number of benzene rings is 1. The van der Waals surface area contributed by atoms with Gasteiger partial charge in [0.15, 0.2) is 0 Å². The highest BCUT2D eigenvalue weighted by atomic mass is 127. The van der Waals surface area contributed by atoms with Crippen LogP contribution in [0.4, 0.5) is 0 Å². The lowest BCUT2D eigenvalue weighted by atomic mass is 10.2. The van der Waals surface area contributed by atoms with Crippen molar-refractivity contribution >= 4 is 22.6 Å². The van der Waals surface area contributed by atoms with Gasteiger partial charge in [-0.2, -0.15) is 0 Å². The average molecular weight is 263 g/mol. The summed E-state index contributed by atoms with van der Waals surface area (Å²) in [6.07, 6.45) is 0. The quantitative estimate of drug-likeness (QED) is 0.825. The van der Waals surface area contributed by atoms with Gasteiger partial charge < -0.3 is 10.5 Å². The molecule has 0 atom stereocenters. The van der Waals surface area contributed by atoms with Gasteiger partial charge in [-0.05, 0) is 34.2 Å². The molecule has 0 aliphatic heterocycles. The van der Waals surface area contributed by atoms with E-state index in [-0.39, 0.29) is 0 Å². The van der Waals surface area contributed by atoms with E-state index in [9.17, 15) is 0 Å². The minimum absolute atomic E-state index is 0.565. The molecule has 0 radical (unpaired) electrons. The van der Waals surface area contributed by atoms with Crippen LogP contribution < -0.4 is 10.5 Å². The standard InChI is InChI=1S/C8H10INO/c1-11-7-4-2-3-6(5-10)8(7)9/h2-4H,5,10H2,1H3. The highest BCUT2D eigenvalue weighted by Crippen LogP contribution is 2.23. The summed E-state index contributed by atoms with van der Waals surface area (Å²) in [6, 6.07) is 5.88. The maximum Gasteiger partial charge on any atom is 0.132 e. The van der Waals surface area contributed by atoms with Gasteiger partial charge in [0.2, 0.25) is 0 Å². The fourth-order valence-electron chi connectivity index (χ4n) is 0.872. The Kier molecular flexibility index (Phi) is 3.14. The van der Waals surface area contributed by atoms with Gasteiger partial charge in [0.25, 0.3) is 0 Å². The number of methoxy groups -OCH3 is 1. The molecule has 2 N–H and O–H groups in total. The van der Waals surface area contributed by atoms with Crippen molar-refractivity contribution in [1.82, 2.24) is 0 Å². The van der Waals surface area contributed by atoms with Crippen LogP contribution in [-0.2, 0) is 6.54 Å². The highest BCUT2D eigenvalue weighted by molar-refractivity contribution is 14.1. The second-order valence-electron chi connectivity index (χ2n) is 2.14. The predicted molar refractivity (Wildman–Crippen MR) is 53.6 cm³/mol. The lowest BCUT2D eigenvalue weighted by Gasteiger charge is -2.05. The molecular weight excluding hydrogens is 253 g/mol. The van der Waals surface area contributed by atoms with E-state index in [1.54, 1.807) is 7.11 Å². The molecule has 11 heavy (non-hydrogen) atoms. The van der Waals surface area contributed by atoms with Crippen LogP contribution in [0, 0.1) is 3.57 Å². The zero-order valence-corrected chi connectivity index (χ0v) is 8.46. The van der Waals surface area contributed by atoms with E-state index in [0.717, 1.165) is 14.9 Å². The smallest absolute Gasteiger partial charge is 0.132 e. The number of rotatable bonds is 2. The third-order valence-corrected chi connectivity index (χ3v) is 2.71. The Hall–Kier alpha value is -0.290. The molecule has 3 heteroatoms. The van der Waals surface area contributed by atoms with E-state index in [1.807, 2.05) is 18.2 Å². The Balaban J connectivity index is 3.10. The molecule has 0 saturated heterocycles. The zero-order chi connectivity index (χ0) is 8.27. The molecule has 0 heterocycles. The van der Waals surface area contributed by atoms with Crippen LogP contribution in [0.1, 0.15) is 5.56 Å². The van der Waals surface area contributed by atoms with Crippen LogP contribution in [-0.4, -0.2) is 7.11 Å². The van der Waals surface area contributed by atoms with Crippen LogP contribution in [0.2, 0.25) is 0 Å². The molecule has 0 aliphatic carbocycles. The molecule has 2 nitrogen and oxygen atoms in total. The van der Waals surface area contributed by atoms with Crippen LogP contribution >= 0.6 is 22.6 Å². The van der Waals surface area contributed by atoms with Gasteiger partial charge in [-0.25, -0.2) is 0 Å². The topological polar surface area (TPSA) is 35.2 Å². The SMILES string of the molecule is COc1cccc(CN)c1I. The van der Waals surface area contributed by atoms with E-state index in [4.69, 9.17) is 10.5 Å². The molecule has 1 aromatic rings. The second-order valence-corrected chi connectivity index (χ2v) is 3.22. The van der Waals surface area contributed by atoms with Crippen molar-refractivity contribution in [1.29, 1.82) is 0 Å². The number of hydrogen-bond acceptors (Lipinski definition) is 2. The third-order valence-electron chi connectivity index (χ3n) is 1.48. The van der Waals surface area contributed by atoms with Gasteiger partial charge in [-0.3, -0.25) is 0 Å². The van der Waals surface area contributed by atoms with Gasteiger partial charge in [0, 0.05) is 6.54 Å². The summed E-state index contributed by atoms with van der Waals surface area (Å²) in [4.78, 5) is 0. The molecule has 1 rings (SSSR count). The summed E-state index contributed by atoms with van der Waals surface area (Å²) in [5, 5.41) is 0. The van der Waals surface area contributed by atoms with E-state index < -0.39 is 0 Å². The van der Waals surface area contributed by atoms with Crippen molar-refractivity contribution < 1.29 is 4.74 Å². The van der Waals surface area contributed by atoms with Gasteiger partial charge in [0.05, 0.1) is 10.7 Å². The highest BCUT2D eigenvalue weighted by Gasteiger charge is 2.02. The van der Waals surface area contributed by atoms with Crippen molar-refractivity contribution in [2.24, 2.45) is 5.73 Å². The Morgan fingerprint density at radius 2 is 2.27 bits per heavy atom.